The standard InChI is InChI=1S/C17H17F2N3O2/c18-13-4-12(5-14(19)6-13)10-24-15-7-16-21-3-1-2-11(8-21)9-22(16)17(23)20-15/h4-7,11H,1-3,8-10H2. The van der Waals surface area contributed by atoms with Crippen LogP contribution < -0.4 is 15.3 Å². The van der Waals surface area contributed by atoms with Gasteiger partial charge in [0.15, 0.2) is 0 Å². The molecule has 24 heavy (non-hydrogen) atoms. The van der Waals surface area contributed by atoms with Gasteiger partial charge in [0.1, 0.15) is 24.1 Å². The second-order valence-corrected chi connectivity index (χ2v) is 6.37. The average Bonchev–Trinajstić information content (AvgIpc) is 2.54. The van der Waals surface area contributed by atoms with E-state index in [1.807, 2.05) is 0 Å². The summed E-state index contributed by atoms with van der Waals surface area (Å²) in [6, 6.07) is 4.94. The van der Waals surface area contributed by atoms with Crippen LogP contribution in [0.3, 0.4) is 0 Å². The summed E-state index contributed by atoms with van der Waals surface area (Å²) in [5.74, 6) is 0.164. The Bertz CT molecular complexity index is 817. The Kier molecular flexibility index (Phi) is 3.70. The number of ether oxygens (including phenoxy) is 1. The second kappa shape index (κ2) is 5.89. The fourth-order valence-electron chi connectivity index (χ4n) is 3.51. The monoisotopic (exact) mass is 333 g/mol. The first-order chi connectivity index (χ1) is 11.6. The highest BCUT2D eigenvalue weighted by molar-refractivity contribution is 5.44. The number of hydrogen-bond donors (Lipinski definition) is 0. The van der Waals surface area contributed by atoms with Crippen molar-refractivity contribution in [2.45, 2.75) is 26.0 Å². The maximum Gasteiger partial charge on any atom is 0.352 e. The van der Waals surface area contributed by atoms with Crippen molar-refractivity contribution in [2.24, 2.45) is 5.92 Å². The number of halogens is 2. The Labute approximate surface area is 137 Å². The largest absolute Gasteiger partial charge is 0.473 e. The van der Waals surface area contributed by atoms with Crippen molar-refractivity contribution in [1.29, 1.82) is 0 Å². The van der Waals surface area contributed by atoms with E-state index in [4.69, 9.17) is 4.74 Å². The summed E-state index contributed by atoms with van der Waals surface area (Å²) < 4.78 is 33.6. The molecule has 7 heteroatoms. The summed E-state index contributed by atoms with van der Waals surface area (Å²) in [6.07, 6.45) is 2.24. The van der Waals surface area contributed by atoms with Gasteiger partial charge in [0.05, 0.1) is 0 Å². The Morgan fingerprint density at radius 2 is 1.96 bits per heavy atom. The third-order valence-corrected chi connectivity index (χ3v) is 4.56. The van der Waals surface area contributed by atoms with Crippen LogP contribution in [0.1, 0.15) is 18.4 Å². The van der Waals surface area contributed by atoms with Crippen LogP contribution in [0.4, 0.5) is 14.6 Å². The van der Waals surface area contributed by atoms with Crippen LogP contribution in [0.2, 0.25) is 0 Å². The zero-order valence-electron chi connectivity index (χ0n) is 13.0. The van der Waals surface area contributed by atoms with Gasteiger partial charge in [-0.1, -0.05) is 0 Å². The smallest absolute Gasteiger partial charge is 0.352 e. The van der Waals surface area contributed by atoms with Crippen LogP contribution in [-0.4, -0.2) is 22.6 Å². The highest BCUT2D eigenvalue weighted by atomic mass is 19.1. The molecule has 1 atom stereocenters. The molecule has 1 fully saturated rings. The first kappa shape index (κ1) is 15.1. The molecule has 1 saturated heterocycles. The average molecular weight is 333 g/mol. The van der Waals surface area contributed by atoms with Gasteiger partial charge in [-0.05, 0) is 36.5 Å². The number of piperidine rings is 1. The molecule has 3 heterocycles. The van der Waals surface area contributed by atoms with E-state index in [0.717, 1.165) is 37.8 Å². The molecule has 0 aliphatic carbocycles. The molecule has 2 aromatic rings. The molecule has 1 unspecified atom stereocenters. The molecule has 4 rings (SSSR count). The first-order valence-corrected chi connectivity index (χ1v) is 8.03. The number of aromatic nitrogens is 2. The molecule has 126 valence electrons. The Balaban J connectivity index is 1.58. The molecular formula is C17H17F2N3O2. The van der Waals surface area contributed by atoms with Gasteiger partial charge < -0.3 is 9.64 Å². The van der Waals surface area contributed by atoms with Crippen molar-refractivity contribution in [3.05, 3.63) is 51.9 Å². The van der Waals surface area contributed by atoms with Crippen molar-refractivity contribution < 1.29 is 13.5 Å². The van der Waals surface area contributed by atoms with Crippen LogP contribution in [0.25, 0.3) is 0 Å². The van der Waals surface area contributed by atoms with E-state index in [-0.39, 0.29) is 18.2 Å². The van der Waals surface area contributed by atoms with Crippen LogP contribution in [0.5, 0.6) is 5.88 Å². The van der Waals surface area contributed by atoms with E-state index in [0.29, 0.717) is 18.0 Å². The van der Waals surface area contributed by atoms with Crippen molar-refractivity contribution in [3.8, 4) is 5.88 Å². The summed E-state index contributed by atoms with van der Waals surface area (Å²) >= 11 is 0. The lowest BCUT2D eigenvalue weighted by Crippen LogP contribution is -2.46. The highest BCUT2D eigenvalue weighted by Crippen LogP contribution is 2.30. The van der Waals surface area contributed by atoms with Crippen LogP contribution in [0, 0.1) is 17.6 Å². The molecule has 2 bridgehead atoms. The zero-order valence-corrected chi connectivity index (χ0v) is 13.0. The fraction of sp³-hybridized carbons (Fsp3) is 0.412. The van der Waals surface area contributed by atoms with Gasteiger partial charge in [0, 0.05) is 31.8 Å². The Morgan fingerprint density at radius 3 is 2.75 bits per heavy atom. The zero-order chi connectivity index (χ0) is 16.7. The lowest BCUT2D eigenvalue weighted by Gasteiger charge is -2.40. The molecule has 1 aromatic heterocycles. The quantitative estimate of drug-likeness (QED) is 0.865. The topological polar surface area (TPSA) is 47.4 Å². The number of nitrogens with zero attached hydrogens (tertiary/aromatic N) is 3. The SMILES string of the molecule is O=c1nc(OCc2cc(F)cc(F)c2)cc2n1CC1CCCN2C1. The molecule has 0 N–H and O–H groups in total. The van der Waals surface area contributed by atoms with Gasteiger partial charge >= 0.3 is 5.69 Å². The van der Waals surface area contributed by atoms with Crippen molar-refractivity contribution in [3.63, 3.8) is 0 Å². The Morgan fingerprint density at radius 1 is 1.17 bits per heavy atom. The van der Waals surface area contributed by atoms with Crippen LogP contribution in [0.15, 0.2) is 29.1 Å². The molecule has 2 aliphatic rings. The molecule has 0 spiro atoms. The maximum atomic E-state index is 13.2. The molecule has 5 nitrogen and oxygen atoms in total. The normalized spacial score (nSPS) is 19.1. The predicted octanol–water partition coefficient (Wildman–Crippen LogP) is 2.33. The molecule has 0 radical (unpaired) electrons. The van der Waals surface area contributed by atoms with Crippen LogP contribution in [-0.2, 0) is 13.2 Å². The lowest BCUT2D eigenvalue weighted by atomic mass is 9.96. The van der Waals surface area contributed by atoms with Gasteiger partial charge in [-0.25, -0.2) is 13.6 Å². The minimum absolute atomic E-state index is 0.0484. The van der Waals surface area contributed by atoms with E-state index in [1.54, 1.807) is 10.6 Å². The minimum Gasteiger partial charge on any atom is -0.473 e. The highest BCUT2D eigenvalue weighted by Gasteiger charge is 2.29. The van der Waals surface area contributed by atoms with E-state index in [2.05, 4.69) is 9.88 Å². The van der Waals surface area contributed by atoms with Gasteiger partial charge in [-0.2, -0.15) is 4.98 Å². The molecular weight excluding hydrogens is 316 g/mol. The second-order valence-electron chi connectivity index (χ2n) is 6.37. The predicted molar refractivity (Wildman–Crippen MR) is 84.1 cm³/mol. The van der Waals surface area contributed by atoms with Gasteiger partial charge in [-0.3, -0.25) is 4.57 Å². The molecule has 2 aliphatic heterocycles. The minimum atomic E-state index is -0.661. The number of benzene rings is 1. The fourth-order valence-corrected chi connectivity index (χ4v) is 3.51. The summed E-state index contributed by atoms with van der Waals surface area (Å²) in [5.41, 5.74) is 0.00896. The van der Waals surface area contributed by atoms with Gasteiger partial charge in [0.2, 0.25) is 5.88 Å². The third-order valence-electron chi connectivity index (χ3n) is 4.56. The van der Waals surface area contributed by atoms with E-state index in [1.165, 1.54) is 12.1 Å². The Hall–Kier alpha value is -2.44. The molecule has 0 saturated carbocycles. The van der Waals surface area contributed by atoms with Crippen LogP contribution >= 0.6 is 0 Å². The van der Waals surface area contributed by atoms with Crippen molar-refractivity contribution in [2.75, 3.05) is 18.0 Å². The number of anilines is 1. The number of rotatable bonds is 3. The molecule has 0 amide bonds. The first-order valence-electron chi connectivity index (χ1n) is 8.03. The van der Waals surface area contributed by atoms with Crippen molar-refractivity contribution >= 4 is 5.82 Å². The lowest BCUT2D eigenvalue weighted by molar-refractivity contribution is 0.282. The van der Waals surface area contributed by atoms with E-state index in [9.17, 15) is 13.6 Å². The summed E-state index contributed by atoms with van der Waals surface area (Å²) in [7, 11) is 0. The van der Waals surface area contributed by atoms with Crippen molar-refractivity contribution in [1.82, 2.24) is 9.55 Å². The summed E-state index contributed by atoms with van der Waals surface area (Å²) in [6.45, 7) is 2.49. The number of hydrogen-bond acceptors (Lipinski definition) is 4. The third kappa shape index (κ3) is 2.86. The number of fused-ring (bicyclic) bond motifs is 4. The molecule has 1 aromatic carbocycles. The van der Waals surface area contributed by atoms with Gasteiger partial charge in [-0.15, -0.1) is 0 Å². The summed E-state index contributed by atoms with van der Waals surface area (Å²) in [4.78, 5) is 18.4. The van der Waals surface area contributed by atoms with Gasteiger partial charge in [0.25, 0.3) is 0 Å². The van der Waals surface area contributed by atoms with E-state index >= 15 is 0 Å². The summed E-state index contributed by atoms with van der Waals surface area (Å²) in [5, 5.41) is 0. The maximum absolute atomic E-state index is 13.2. The van der Waals surface area contributed by atoms with E-state index < -0.39 is 11.6 Å².